The van der Waals surface area contributed by atoms with Crippen molar-refractivity contribution in [3.63, 3.8) is 0 Å². The molecule has 0 saturated heterocycles. The van der Waals surface area contributed by atoms with Crippen LogP contribution < -0.4 is 10.9 Å². The lowest BCUT2D eigenvalue weighted by Crippen LogP contribution is -2.19. The van der Waals surface area contributed by atoms with E-state index in [0.717, 1.165) is 12.8 Å². The van der Waals surface area contributed by atoms with Crippen LogP contribution in [0.4, 0.5) is 5.82 Å². The molecule has 4 rings (SSSR count). The largest absolute Gasteiger partial charge is 0.463 e. The van der Waals surface area contributed by atoms with Crippen LogP contribution in [0.2, 0.25) is 0 Å². The molecule has 1 aromatic carbocycles. The van der Waals surface area contributed by atoms with Gasteiger partial charge < -0.3 is 9.73 Å². The van der Waals surface area contributed by atoms with Crippen LogP contribution in [-0.4, -0.2) is 25.7 Å². The van der Waals surface area contributed by atoms with Crippen molar-refractivity contribution in [3.05, 3.63) is 82.5 Å². The third-order valence-electron chi connectivity index (χ3n) is 4.81. The number of aromatic nitrogens is 4. The Kier molecular flexibility index (Phi) is 6.07. The van der Waals surface area contributed by atoms with Crippen LogP contribution in [0.1, 0.15) is 31.0 Å². The highest BCUT2D eigenvalue weighted by molar-refractivity contribution is 5.90. The molecule has 3 heterocycles. The summed E-state index contributed by atoms with van der Waals surface area (Å²) in [6.07, 6.45) is 4.04. The molecule has 8 heteroatoms. The predicted octanol–water partition coefficient (Wildman–Crippen LogP) is 3.74. The minimum Gasteiger partial charge on any atom is -0.463 e. The Bertz CT molecular complexity index is 1210. The summed E-state index contributed by atoms with van der Waals surface area (Å²) in [4.78, 5) is 31.8. The molecule has 0 aliphatic carbocycles. The summed E-state index contributed by atoms with van der Waals surface area (Å²) in [7, 11) is 0. The molecule has 4 aromatic rings. The number of amides is 1. The van der Waals surface area contributed by atoms with E-state index >= 15 is 0 Å². The number of hydrogen-bond acceptors (Lipinski definition) is 5. The van der Waals surface area contributed by atoms with Crippen LogP contribution in [0, 0.1) is 0 Å². The molecule has 158 valence electrons. The first kappa shape index (κ1) is 20.3. The topological polar surface area (TPSA) is 106 Å². The van der Waals surface area contributed by atoms with Gasteiger partial charge in [-0.2, -0.15) is 9.78 Å². The number of nitrogens with one attached hydrogen (secondary N) is 2. The van der Waals surface area contributed by atoms with E-state index < -0.39 is 0 Å². The van der Waals surface area contributed by atoms with E-state index in [9.17, 15) is 9.59 Å². The molecule has 0 atom stereocenters. The summed E-state index contributed by atoms with van der Waals surface area (Å²) in [5.74, 6) is 1.05. The van der Waals surface area contributed by atoms with Gasteiger partial charge in [0.25, 0.3) is 5.56 Å². The van der Waals surface area contributed by atoms with Crippen molar-refractivity contribution in [1.82, 2.24) is 19.7 Å². The van der Waals surface area contributed by atoms with E-state index in [2.05, 4.69) is 20.4 Å². The first-order valence-corrected chi connectivity index (χ1v) is 10.2. The molecule has 0 spiro atoms. The quantitative estimate of drug-likeness (QED) is 0.454. The smallest absolute Gasteiger partial charge is 0.252 e. The van der Waals surface area contributed by atoms with Gasteiger partial charge in [-0.25, -0.2) is 4.98 Å². The molecule has 2 N–H and O–H groups in total. The highest BCUT2D eigenvalue weighted by Crippen LogP contribution is 2.24. The molecule has 0 unspecified atom stereocenters. The fraction of sp³-hybridized carbons (Fsp3) is 0.217. The zero-order valence-corrected chi connectivity index (χ0v) is 17.2. The number of aromatic amines is 1. The summed E-state index contributed by atoms with van der Waals surface area (Å²) < 4.78 is 6.85. The molecule has 0 bridgehead atoms. The zero-order valence-electron chi connectivity index (χ0n) is 17.2. The molecule has 0 fully saturated rings. The Balaban J connectivity index is 1.56. The number of benzene rings is 1. The lowest BCUT2D eigenvalue weighted by atomic mass is 10.1. The highest BCUT2D eigenvalue weighted by Gasteiger charge is 2.17. The fourth-order valence-corrected chi connectivity index (χ4v) is 3.25. The first-order valence-electron chi connectivity index (χ1n) is 10.2. The monoisotopic (exact) mass is 417 g/mol. The number of furan rings is 1. The van der Waals surface area contributed by atoms with Crippen LogP contribution in [0.3, 0.4) is 0 Å². The number of hydrogen-bond donors (Lipinski definition) is 2. The third-order valence-corrected chi connectivity index (χ3v) is 4.81. The van der Waals surface area contributed by atoms with Crippen LogP contribution in [0.5, 0.6) is 0 Å². The molecular formula is C23H23N5O3. The lowest BCUT2D eigenvalue weighted by Gasteiger charge is -2.09. The number of anilines is 1. The molecule has 1 amide bonds. The third kappa shape index (κ3) is 4.98. The van der Waals surface area contributed by atoms with Gasteiger partial charge in [-0.3, -0.25) is 14.6 Å². The van der Waals surface area contributed by atoms with Gasteiger partial charge in [0.2, 0.25) is 11.9 Å². The van der Waals surface area contributed by atoms with Gasteiger partial charge in [-0.15, -0.1) is 0 Å². The van der Waals surface area contributed by atoms with Gasteiger partial charge in [0.1, 0.15) is 11.5 Å². The Morgan fingerprint density at radius 3 is 2.74 bits per heavy atom. The molecule has 3 aromatic heterocycles. The average Bonchev–Trinajstić information content (AvgIpc) is 3.44. The Hall–Kier alpha value is -3.94. The van der Waals surface area contributed by atoms with Gasteiger partial charge in [0, 0.05) is 24.2 Å². The Morgan fingerprint density at radius 2 is 2.00 bits per heavy atom. The second-order valence-electron chi connectivity index (χ2n) is 7.11. The van der Waals surface area contributed by atoms with Crippen molar-refractivity contribution >= 4 is 11.7 Å². The van der Waals surface area contributed by atoms with E-state index in [1.54, 1.807) is 24.5 Å². The summed E-state index contributed by atoms with van der Waals surface area (Å²) >= 11 is 0. The molecule has 0 aliphatic rings. The Labute approximate surface area is 179 Å². The van der Waals surface area contributed by atoms with Crippen LogP contribution in [0.25, 0.3) is 17.4 Å². The lowest BCUT2D eigenvalue weighted by molar-refractivity contribution is -0.116. The summed E-state index contributed by atoms with van der Waals surface area (Å²) in [6, 6.07) is 16.7. The maximum absolute atomic E-state index is 12.6. The predicted molar refractivity (Wildman–Crippen MR) is 117 cm³/mol. The number of rotatable bonds is 8. The summed E-state index contributed by atoms with van der Waals surface area (Å²) in [5, 5.41) is 7.39. The minimum absolute atomic E-state index is 0.142. The maximum Gasteiger partial charge on any atom is 0.252 e. The number of carbonyl (C=O) groups excluding carboxylic acids is 1. The number of aryl methyl sites for hydroxylation is 2. The van der Waals surface area contributed by atoms with Gasteiger partial charge in [-0.05, 0) is 37.0 Å². The number of nitrogens with zero attached hydrogens (tertiary/aromatic N) is 3. The minimum atomic E-state index is -0.281. The molecule has 8 nitrogen and oxygen atoms in total. The van der Waals surface area contributed by atoms with Crippen molar-refractivity contribution in [3.8, 4) is 17.4 Å². The van der Waals surface area contributed by atoms with Crippen molar-refractivity contribution in [1.29, 1.82) is 0 Å². The molecule has 0 saturated carbocycles. The van der Waals surface area contributed by atoms with Gasteiger partial charge in [-0.1, -0.05) is 37.3 Å². The summed E-state index contributed by atoms with van der Waals surface area (Å²) in [6.45, 7) is 1.92. The van der Waals surface area contributed by atoms with E-state index in [1.807, 2.05) is 37.3 Å². The van der Waals surface area contributed by atoms with Crippen LogP contribution >= 0.6 is 0 Å². The van der Waals surface area contributed by atoms with Crippen molar-refractivity contribution in [2.75, 3.05) is 5.32 Å². The molecular weight excluding hydrogens is 394 g/mol. The van der Waals surface area contributed by atoms with Crippen molar-refractivity contribution in [2.24, 2.45) is 0 Å². The second kappa shape index (κ2) is 9.25. The van der Waals surface area contributed by atoms with E-state index in [1.165, 1.54) is 16.3 Å². The zero-order chi connectivity index (χ0) is 21.6. The van der Waals surface area contributed by atoms with Crippen molar-refractivity contribution in [2.45, 2.75) is 32.6 Å². The fourth-order valence-electron chi connectivity index (χ4n) is 3.25. The normalized spacial score (nSPS) is 10.9. The van der Waals surface area contributed by atoms with E-state index in [4.69, 9.17) is 4.42 Å². The van der Waals surface area contributed by atoms with Gasteiger partial charge in [0.15, 0.2) is 5.76 Å². The first-order chi connectivity index (χ1) is 15.1. The SMILES string of the molecule is CCc1cc(=O)[nH]c(-n2nc(-c3ccco3)cc2NC(=O)CCCc2ccccc2)n1. The Morgan fingerprint density at radius 1 is 1.16 bits per heavy atom. The summed E-state index contributed by atoms with van der Waals surface area (Å²) in [5.41, 5.74) is 2.07. The van der Waals surface area contributed by atoms with Gasteiger partial charge in [0.05, 0.1) is 6.26 Å². The number of carbonyl (C=O) groups is 1. The van der Waals surface area contributed by atoms with Crippen molar-refractivity contribution < 1.29 is 9.21 Å². The van der Waals surface area contributed by atoms with Crippen LogP contribution in [-0.2, 0) is 17.6 Å². The average molecular weight is 417 g/mol. The highest BCUT2D eigenvalue weighted by atomic mass is 16.3. The van der Waals surface area contributed by atoms with Crippen LogP contribution in [0.15, 0.2) is 70.1 Å². The molecule has 0 radical (unpaired) electrons. The molecule has 0 aliphatic heterocycles. The van der Waals surface area contributed by atoms with E-state index in [0.29, 0.717) is 35.8 Å². The van der Waals surface area contributed by atoms with Gasteiger partial charge >= 0.3 is 0 Å². The number of H-pyrrole nitrogens is 1. The second-order valence-corrected chi connectivity index (χ2v) is 7.11. The maximum atomic E-state index is 12.6. The van der Waals surface area contributed by atoms with E-state index in [-0.39, 0.29) is 17.4 Å². The standard InChI is InChI=1S/C23H23N5O3/c1-2-17-14-22(30)26-23(24-17)28-20(15-18(27-28)19-11-7-13-31-19)25-21(29)12-6-10-16-8-4-3-5-9-16/h3-5,7-9,11,13-15H,2,6,10,12H2,1H3,(H,25,29)(H,24,26,30). The molecule has 31 heavy (non-hydrogen) atoms.